The molecule has 100 valence electrons. The molecule has 0 aromatic carbocycles. The summed E-state index contributed by atoms with van der Waals surface area (Å²) in [5.74, 6) is 5.18. The van der Waals surface area contributed by atoms with Gasteiger partial charge in [0.05, 0.1) is 25.9 Å². The van der Waals surface area contributed by atoms with Crippen LogP contribution in [0, 0.1) is 0 Å². The standard InChI is InChI=1S/C10H20N2O5/c11-10(13)2-4-15-6-9(10)16-7-1-3-14-5-8(7)17-12/h7-9,13H,1-6,11-12H2. The summed E-state index contributed by atoms with van der Waals surface area (Å²) in [6, 6.07) is 0. The average molecular weight is 248 g/mol. The summed E-state index contributed by atoms with van der Waals surface area (Å²) in [6.45, 7) is 1.69. The van der Waals surface area contributed by atoms with Gasteiger partial charge in [0.15, 0.2) is 0 Å². The average Bonchev–Trinajstić information content (AvgIpc) is 2.32. The first kappa shape index (κ1) is 13.2. The van der Waals surface area contributed by atoms with Gasteiger partial charge in [-0.1, -0.05) is 0 Å². The summed E-state index contributed by atoms with van der Waals surface area (Å²) < 4.78 is 16.3. The van der Waals surface area contributed by atoms with Crippen LogP contribution in [0.25, 0.3) is 0 Å². The van der Waals surface area contributed by atoms with Gasteiger partial charge in [-0.3, -0.25) is 4.84 Å². The van der Waals surface area contributed by atoms with Crippen molar-refractivity contribution in [3.8, 4) is 0 Å². The second kappa shape index (κ2) is 5.57. The highest BCUT2D eigenvalue weighted by Gasteiger charge is 2.40. The van der Waals surface area contributed by atoms with E-state index in [0.717, 1.165) is 0 Å². The van der Waals surface area contributed by atoms with E-state index in [0.29, 0.717) is 32.7 Å². The van der Waals surface area contributed by atoms with Gasteiger partial charge < -0.3 is 25.1 Å². The lowest BCUT2D eigenvalue weighted by Gasteiger charge is -2.40. The Balaban J connectivity index is 1.93. The Labute approximate surface area is 99.9 Å². The van der Waals surface area contributed by atoms with E-state index in [2.05, 4.69) is 0 Å². The minimum atomic E-state index is -1.35. The molecule has 2 aliphatic heterocycles. The molecule has 0 aromatic heterocycles. The molecule has 2 rings (SSSR count). The third-order valence-electron chi connectivity index (χ3n) is 3.23. The van der Waals surface area contributed by atoms with E-state index in [1.165, 1.54) is 0 Å². The third-order valence-corrected chi connectivity index (χ3v) is 3.23. The number of aliphatic hydroxyl groups is 1. The highest BCUT2D eigenvalue weighted by Crippen LogP contribution is 2.23. The molecule has 7 nitrogen and oxygen atoms in total. The lowest BCUT2D eigenvalue weighted by molar-refractivity contribution is -0.226. The van der Waals surface area contributed by atoms with Gasteiger partial charge in [-0.25, -0.2) is 5.90 Å². The molecule has 4 unspecified atom stereocenters. The van der Waals surface area contributed by atoms with Gasteiger partial charge in [-0.05, 0) is 6.42 Å². The van der Waals surface area contributed by atoms with Crippen LogP contribution in [-0.4, -0.2) is 55.6 Å². The molecular formula is C10H20N2O5. The number of nitrogens with two attached hydrogens (primary N) is 2. The zero-order chi connectivity index (χ0) is 12.3. The van der Waals surface area contributed by atoms with Crippen molar-refractivity contribution in [1.29, 1.82) is 0 Å². The molecule has 0 radical (unpaired) electrons. The molecule has 2 saturated heterocycles. The van der Waals surface area contributed by atoms with E-state index in [1.807, 2.05) is 0 Å². The van der Waals surface area contributed by atoms with Gasteiger partial charge in [0.25, 0.3) is 0 Å². The van der Waals surface area contributed by atoms with Gasteiger partial charge >= 0.3 is 0 Å². The van der Waals surface area contributed by atoms with Crippen molar-refractivity contribution in [3.05, 3.63) is 0 Å². The highest BCUT2D eigenvalue weighted by atomic mass is 16.7. The molecule has 0 bridgehead atoms. The third kappa shape index (κ3) is 3.14. The SMILES string of the molecule is NOC1COCCC1OC1COCCC1(N)O. The highest BCUT2D eigenvalue weighted by molar-refractivity contribution is 4.87. The van der Waals surface area contributed by atoms with E-state index >= 15 is 0 Å². The number of hydrogen-bond donors (Lipinski definition) is 3. The summed E-state index contributed by atoms with van der Waals surface area (Å²) in [5.41, 5.74) is 4.42. The van der Waals surface area contributed by atoms with Crippen LogP contribution in [0.15, 0.2) is 0 Å². The quantitative estimate of drug-likeness (QED) is 0.411. The molecule has 0 spiro atoms. The van der Waals surface area contributed by atoms with Crippen LogP contribution in [0.4, 0.5) is 0 Å². The predicted molar refractivity (Wildman–Crippen MR) is 57.7 cm³/mol. The maximum Gasteiger partial charge on any atom is 0.144 e. The van der Waals surface area contributed by atoms with E-state index < -0.39 is 11.8 Å². The molecule has 0 saturated carbocycles. The van der Waals surface area contributed by atoms with Crippen molar-refractivity contribution in [2.45, 2.75) is 36.9 Å². The zero-order valence-corrected chi connectivity index (χ0v) is 9.71. The smallest absolute Gasteiger partial charge is 0.144 e. The predicted octanol–water partition coefficient (Wildman–Crippen LogP) is -1.51. The van der Waals surface area contributed by atoms with Crippen molar-refractivity contribution in [2.75, 3.05) is 26.4 Å². The lowest BCUT2D eigenvalue weighted by atomic mass is 10.0. The minimum Gasteiger partial charge on any atom is -0.378 e. The molecule has 2 heterocycles. The van der Waals surface area contributed by atoms with Crippen molar-refractivity contribution >= 4 is 0 Å². The summed E-state index contributed by atoms with van der Waals surface area (Å²) in [6.07, 6.45) is -0.0993. The minimum absolute atomic E-state index is 0.226. The molecular weight excluding hydrogens is 228 g/mol. The normalized spacial score (nSPS) is 43.6. The van der Waals surface area contributed by atoms with Crippen molar-refractivity contribution in [3.63, 3.8) is 0 Å². The largest absolute Gasteiger partial charge is 0.378 e. The Morgan fingerprint density at radius 3 is 2.65 bits per heavy atom. The number of rotatable bonds is 3. The lowest BCUT2D eigenvalue weighted by Crippen LogP contribution is -2.59. The second-order valence-electron chi connectivity index (χ2n) is 4.52. The Kier molecular flexibility index (Phi) is 4.31. The first-order chi connectivity index (χ1) is 8.13. The second-order valence-corrected chi connectivity index (χ2v) is 4.52. The maximum absolute atomic E-state index is 9.99. The van der Waals surface area contributed by atoms with E-state index in [9.17, 15) is 5.11 Å². The molecule has 0 aromatic rings. The molecule has 2 aliphatic rings. The summed E-state index contributed by atoms with van der Waals surface area (Å²) in [5, 5.41) is 9.99. The fourth-order valence-corrected chi connectivity index (χ4v) is 2.07. The van der Waals surface area contributed by atoms with Crippen LogP contribution >= 0.6 is 0 Å². The zero-order valence-electron chi connectivity index (χ0n) is 9.71. The summed E-state index contributed by atoms with van der Waals surface area (Å²) >= 11 is 0. The van der Waals surface area contributed by atoms with Gasteiger partial charge in [0.2, 0.25) is 0 Å². The molecule has 7 heteroatoms. The van der Waals surface area contributed by atoms with Gasteiger partial charge in [0, 0.05) is 13.0 Å². The van der Waals surface area contributed by atoms with Gasteiger partial charge in [-0.15, -0.1) is 0 Å². The van der Waals surface area contributed by atoms with Crippen molar-refractivity contribution in [2.24, 2.45) is 11.6 Å². The molecule has 17 heavy (non-hydrogen) atoms. The fourth-order valence-electron chi connectivity index (χ4n) is 2.07. The van der Waals surface area contributed by atoms with Crippen LogP contribution < -0.4 is 11.6 Å². The van der Waals surface area contributed by atoms with Gasteiger partial charge in [-0.2, -0.15) is 0 Å². The Morgan fingerprint density at radius 1 is 1.18 bits per heavy atom. The van der Waals surface area contributed by atoms with Crippen LogP contribution in [0.2, 0.25) is 0 Å². The molecule has 0 amide bonds. The van der Waals surface area contributed by atoms with Crippen molar-refractivity contribution < 1.29 is 24.2 Å². The Hall–Kier alpha value is -0.280. The number of hydrogen-bond acceptors (Lipinski definition) is 7. The first-order valence-electron chi connectivity index (χ1n) is 5.81. The van der Waals surface area contributed by atoms with Gasteiger partial charge in [0.1, 0.15) is 17.9 Å². The van der Waals surface area contributed by atoms with E-state index in [-0.39, 0.29) is 18.8 Å². The Bertz CT molecular complexity index is 251. The number of ether oxygens (including phenoxy) is 3. The summed E-state index contributed by atoms with van der Waals surface area (Å²) in [4.78, 5) is 4.80. The topological polar surface area (TPSA) is 109 Å². The van der Waals surface area contributed by atoms with E-state index in [1.54, 1.807) is 0 Å². The van der Waals surface area contributed by atoms with Crippen molar-refractivity contribution in [1.82, 2.24) is 0 Å². The fraction of sp³-hybridized carbons (Fsp3) is 1.00. The van der Waals surface area contributed by atoms with Crippen LogP contribution in [0.3, 0.4) is 0 Å². The van der Waals surface area contributed by atoms with E-state index in [4.69, 9.17) is 30.7 Å². The summed E-state index contributed by atoms with van der Waals surface area (Å²) in [7, 11) is 0. The molecule has 4 atom stereocenters. The Morgan fingerprint density at radius 2 is 1.94 bits per heavy atom. The van der Waals surface area contributed by atoms with Crippen LogP contribution in [0.1, 0.15) is 12.8 Å². The molecule has 5 N–H and O–H groups in total. The molecule has 2 fully saturated rings. The maximum atomic E-state index is 9.99. The van der Waals surface area contributed by atoms with Crippen LogP contribution in [0.5, 0.6) is 0 Å². The van der Waals surface area contributed by atoms with Crippen LogP contribution in [-0.2, 0) is 19.0 Å². The molecule has 0 aliphatic carbocycles. The monoisotopic (exact) mass is 248 g/mol. The first-order valence-corrected chi connectivity index (χ1v) is 5.81.